The topological polar surface area (TPSA) is 65.7 Å². The van der Waals surface area contributed by atoms with Gasteiger partial charge in [0.05, 0.1) is 26.5 Å². The maximum atomic E-state index is 13.4. The first-order valence-electron chi connectivity index (χ1n) is 11.6. The Balaban J connectivity index is 1.69. The fraction of sp³-hybridized carbons (Fsp3) is 0.241. The Morgan fingerprint density at radius 2 is 1.57 bits per heavy atom. The van der Waals surface area contributed by atoms with E-state index in [2.05, 4.69) is 0 Å². The second-order valence-corrected chi connectivity index (χ2v) is 9.35. The minimum absolute atomic E-state index is 0.0986. The fourth-order valence-electron chi connectivity index (χ4n) is 4.05. The second-order valence-electron chi connectivity index (χ2n) is 9.35. The molecule has 0 fully saturated rings. The summed E-state index contributed by atoms with van der Waals surface area (Å²) in [4.78, 5) is 26.5. The van der Waals surface area contributed by atoms with Gasteiger partial charge in [-0.15, -0.1) is 0 Å². The van der Waals surface area contributed by atoms with Crippen LogP contribution in [0.15, 0.2) is 88.1 Å². The Hall–Kier alpha value is -3.90. The van der Waals surface area contributed by atoms with Crippen LogP contribution in [0.1, 0.15) is 18.9 Å². The number of benzene rings is 3. The Bertz CT molecular complexity index is 1370. The molecule has 6 heteroatoms. The maximum absolute atomic E-state index is 13.4. The van der Waals surface area contributed by atoms with Crippen molar-refractivity contribution in [3.05, 3.63) is 94.6 Å². The van der Waals surface area contributed by atoms with E-state index in [1.807, 2.05) is 58.4 Å². The van der Waals surface area contributed by atoms with Gasteiger partial charge in [0.15, 0.2) is 11.8 Å². The highest BCUT2D eigenvalue weighted by Gasteiger charge is 2.33. The number of para-hydroxylation sites is 1. The van der Waals surface area contributed by atoms with Crippen LogP contribution in [-0.4, -0.2) is 37.6 Å². The van der Waals surface area contributed by atoms with Crippen molar-refractivity contribution in [2.75, 3.05) is 21.1 Å². The zero-order chi connectivity index (χ0) is 25.0. The van der Waals surface area contributed by atoms with Crippen LogP contribution >= 0.6 is 0 Å². The van der Waals surface area contributed by atoms with Crippen molar-refractivity contribution >= 4 is 16.9 Å². The van der Waals surface area contributed by atoms with E-state index in [0.29, 0.717) is 39.8 Å². The van der Waals surface area contributed by atoms with E-state index in [1.165, 1.54) is 0 Å². The molecule has 0 bridgehead atoms. The third-order valence-corrected chi connectivity index (χ3v) is 5.92. The third kappa shape index (κ3) is 5.44. The summed E-state index contributed by atoms with van der Waals surface area (Å²) in [5, 5.41) is 0.361. The summed E-state index contributed by atoms with van der Waals surface area (Å²) in [7, 11) is 5.77. The summed E-state index contributed by atoms with van der Waals surface area (Å²) >= 11 is 0. The highest BCUT2D eigenvalue weighted by Crippen LogP contribution is 2.32. The molecule has 0 spiro atoms. The van der Waals surface area contributed by atoms with Crippen molar-refractivity contribution in [2.24, 2.45) is 0 Å². The molecular formula is C29H30NO5+. The zero-order valence-corrected chi connectivity index (χ0v) is 20.5. The van der Waals surface area contributed by atoms with Crippen LogP contribution in [0.4, 0.5) is 0 Å². The molecule has 35 heavy (non-hydrogen) atoms. The number of nitrogens with zero attached hydrogens (tertiary/aromatic N) is 1. The van der Waals surface area contributed by atoms with Crippen LogP contribution in [0, 0.1) is 0 Å². The lowest BCUT2D eigenvalue weighted by atomic mass is 10.1. The smallest absolute Gasteiger partial charge is 0.370 e. The largest absolute Gasteiger partial charge is 0.489 e. The first-order valence-corrected chi connectivity index (χ1v) is 11.6. The average molecular weight is 473 g/mol. The molecule has 3 aromatic carbocycles. The summed E-state index contributed by atoms with van der Waals surface area (Å²) < 4.78 is 18.1. The number of carbonyl (C=O) groups excluding carboxylic acids is 1. The molecular weight excluding hydrogens is 442 g/mol. The fourth-order valence-corrected chi connectivity index (χ4v) is 4.05. The summed E-state index contributed by atoms with van der Waals surface area (Å²) in [6.45, 7) is 2.37. The number of quaternary nitrogens is 1. The van der Waals surface area contributed by atoms with Crippen molar-refractivity contribution in [3.63, 3.8) is 0 Å². The molecule has 4 aromatic rings. The number of rotatable bonds is 8. The molecule has 0 amide bonds. The summed E-state index contributed by atoms with van der Waals surface area (Å²) in [5.74, 6) is 0.327. The van der Waals surface area contributed by atoms with Crippen LogP contribution in [0.2, 0.25) is 0 Å². The van der Waals surface area contributed by atoms with Gasteiger partial charge >= 0.3 is 5.97 Å². The highest BCUT2D eigenvalue weighted by molar-refractivity contribution is 5.85. The van der Waals surface area contributed by atoms with Gasteiger partial charge < -0.3 is 18.4 Å². The van der Waals surface area contributed by atoms with E-state index in [1.54, 1.807) is 48.5 Å². The summed E-state index contributed by atoms with van der Waals surface area (Å²) in [6.07, 6.45) is 0.573. The number of hydrogen-bond acceptors (Lipinski definition) is 5. The van der Waals surface area contributed by atoms with Crippen molar-refractivity contribution in [2.45, 2.75) is 26.0 Å². The number of esters is 1. The SMILES string of the molecule is CCC(C(=O)Oc1c(-c2ccc(OCc3ccccc3)cc2)oc2ccccc2c1=O)[N+](C)(C)C. The van der Waals surface area contributed by atoms with Gasteiger partial charge in [0.1, 0.15) is 17.9 Å². The van der Waals surface area contributed by atoms with Crippen LogP contribution < -0.4 is 14.9 Å². The van der Waals surface area contributed by atoms with Crippen LogP contribution in [0.5, 0.6) is 11.5 Å². The van der Waals surface area contributed by atoms with Crippen molar-refractivity contribution < 1.29 is 23.2 Å². The van der Waals surface area contributed by atoms with Gasteiger partial charge in [0, 0.05) is 12.0 Å². The summed E-state index contributed by atoms with van der Waals surface area (Å²) in [5.41, 5.74) is 1.72. The lowest BCUT2D eigenvalue weighted by molar-refractivity contribution is -0.887. The van der Waals surface area contributed by atoms with E-state index in [-0.39, 0.29) is 16.9 Å². The molecule has 0 aliphatic carbocycles. The van der Waals surface area contributed by atoms with Gasteiger partial charge in [0.2, 0.25) is 11.2 Å². The molecule has 4 rings (SSSR count). The molecule has 0 aliphatic rings. The predicted molar refractivity (Wildman–Crippen MR) is 136 cm³/mol. The molecule has 1 unspecified atom stereocenters. The lowest BCUT2D eigenvalue weighted by Crippen LogP contribution is -2.51. The minimum atomic E-state index is -0.466. The Labute approximate surface area is 204 Å². The quantitative estimate of drug-likeness (QED) is 0.253. The standard InChI is InChI=1S/C29H30NO5/c1-5-24(30(2,3)4)29(32)35-28-26(31)23-13-9-10-14-25(23)34-27(28)21-15-17-22(18-16-21)33-19-20-11-7-6-8-12-20/h6-18,24H,5,19H2,1-4H3/q+1. The van der Waals surface area contributed by atoms with Crippen LogP contribution in [0.25, 0.3) is 22.3 Å². The molecule has 6 nitrogen and oxygen atoms in total. The molecule has 0 saturated carbocycles. The highest BCUT2D eigenvalue weighted by atomic mass is 16.5. The van der Waals surface area contributed by atoms with E-state index in [0.717, 1.165) is 5.56 Å². The van der Waals surface area contributed by atoms with Gasteiger partial charge in [-0.2, -0.15) is 0 Å². The van der Waals surface area contributed by atoms with Crippen molar-refractivity contribution in [1.29, 1.82) is 0 Å². The van der Waals surface area contributed by atoms with E-state index in [4.69, 9.17) is 13.9 Å². The Morgan fingerprint density at radius 3 is 2.23 bits per heavy atom. The average Bonchev–Trinajstić information content (AvgIpc) is 2.85. The maximum Gasteiger partial charge on any atom is 0.370 e. The van der Waals surface area contributed by atoms with Gasteiger partial charge in [-0.25, -0.2) is 4.79 Å². The second kappa shape index (κ2) is 10.2. The molecule has 0 saturated heterocycles. The molecule has 0 N–H and O–H groups in total. The molecule has 0 aliphatic heterocycles. The Morgan fingerprint density at radius 1 is 0.914 bits per heavy atom. The molecule has 0 radical (unpaired) electrons. The minimum Gasteiger partial charge on any atom is -0.489 e. The van der Waals surface area contributed by atoms with E-state index in [9.17, 15) is 9.59 Å². The number of fused-ring (bicyclic) bond motifs is 1. The monoisotopic (exact) mass is 472 g/mol. The lowest BCUT2D eigenvalue weighted by Gasteiger charge is -2.31. The van der Waals surface area contributed by atoms with Gasteiger partial charge in [-0.05, 0) is 42.0 Å². The van der Waals surface area contributed by atoms with Gasteiger partial charge in [0.25, 0.3) is 0 Å². The number of carbonyl (C=O) groups is 1. The molecule has 1 heterocycles. The first kappa shape index (κ1) is 24.2. The summed E-state index contributed by atoms with van der Waals surface area (Å²) in [6, 6.07) is 23.6. The third-order valence-electron chi connectivity index (χ3n) is 5.92. The van der Waals surface area contributed by atoms with Crippen LogP contribution in [-0.2, 0) is 11.4 Å². The van der Waals surface area contributed by atoms with E-state index < -0.39 is 12.0 Å². The van der Waals surface area contributed by atoms with Gasteiger partial charge in [-0.1, -0.05) is 49.4 Å². The molecule has 1 atom stereocenters. The Kier molecular flexibility index (Phi) is 7.03. The number of likely N-dealkylation sites (N-methyl/N-ethyl adjacent to an activating group) is 1. The van der Waals surface area contributed by atoms with Crippen molar-refractivity contribution in [1.82, 2.24) is 0 Å². The number of hydrogen-bond donors (Lipinski definition) is 0. The van der Waals surface area contributed by atoms with Gasteiger partial charge in [-0.3, -0.25) is 4.79 Å². The number of ether oxygens (including phenoxy) is 2. The van der Waals surface area contributed by atoms with E-state index >= 15 is 0 Å². The predicted octanol–water partition coefficient (Wildman–Crippen LogP) is 5.43. The zero-order valence-electron chi connectivity index (χ0n) is 20.5. The van der Waals surface area contributed by atoms with Crippen molar-refractivity contribution in [3.8, 4) is 22.8 Å². The first-order chi connectivity index (χ1) is 16.8. The molecule has 180 valence electrons. The normalized spacial score (nSPS) is 12.3. The molecule has 1 aromatic heterocycles. The van der Waals surface area contributed by atoms with Crippen LogP contribution in [0.3, 0.4) is 0 Å².